The molecule has 3 rings (SSSR count). The average molecular weight is 231 g/mol. The molecule has 5 nitrogen and oxygen atoms in total. The molecule has 1 heterocycles. The molecule has 2 aliphatic rings. The number of carbonyl (C=O) groups excluding carboxylic acids is 2. The number of Topliss-reactive ketones (excluding diaryl/α,β-unsaturated/α-hetero) is 2. The van der Waals surface area contributed by atoms with E-state index in [0.717, 1.165) is 0 Å². The lowest BCUT2D eigenvalue weighted by atomic mass is 9.92. The van der Waals surface area contributed by atoms with Gasteiger partial charge in [0.05, 0.1) is 5.56 Å². The average Bonchev–Trinajstić information content (AvgIpc) is 2.47. The van der Waals surface area contributed by atoms with E-state index in [2.05, 4.69) is 0 Å². The summed E-state index contributed by atoms with van der Waals surface area (Å²) in [5.74, 6) is -0.691. The molecule has 1 aliphatic heterocycles. The van der Waals surface area contributed by atoms with Crippen LogP contribution in [-0.4, -0.2) is 22.4 Å². The highest BCUT2D eigenvalue weighted by atomic mass is 16.5. The first-order valence-electron chi connectivity index (χ1n) is 5.07. The molecular weight excluding hydrogens is 222 g/mol. The molecule has 86 valence electrons. The van der Waals surface area contributed by atoms with Crippen LogP contribution in [0.5, 0.6) is 5.75 Å². The maximum atomic E-state index is 12.1. The molecule has 1 aromatic rings. The second-order valence-corrected chi connectivity index (χ2v) is 4.13. The van der Waals surface area contributed by atoms with E-state index in [1.807, 2.05) is 0 Å². The van der Waals surface area contributed by atoms with Crippen molar-refractivity contribution in [2.24, 2.45) is 5.73 Å². The van der Waals surface area contributed by atoms with Gasteiger partial charge in [-0.3, -0.25) is 15.3 Å². The van der Waals surface area contributed by atoms with Gasteiger partial charge in [-0.2, -0.15) is 0 Å². The lowest BCUT2D eigenvalue weighted by molar-refractivity contribution is -0.133. The largest absolute Gasteiger partial charge is 0.507 e. The van der Waals surface area contributed by atoms with Crippen molar-refractivity contribution in [1.82, 2.24) is 0 Å². The van der Waals surface area contributed by atoms with E-state index in [1.54, 1.807) is 12.1 Å². The van der Waals surface area contributed by atoms with Gasteiger partial charge in [-0.25, -0.2) is 0 Å². The Kier molecular flexibility index (Phi) is 1.63. The van der Waals surface area contributed by atoms with Crippen LogP contribution >= 0.6 is 0 Å². The first-order chi connectivity index (χ1) is 7.97. The number of nitrogens with two attached hydrogens (primary N) is 1. The molecule has 0 amide bonds. The number of rotatable bonds is 1. The van der Waals surface area contributed by atoms with Gasteiger partial charge in [0.1, 0.15) is 17.1 Å². The summed E-state index contributed by atoms with van der Waals surface area (Å²) in [7, 11) is 0. The quantitative estimate of drug-likeness (QED) is 0.737. The highest BCUT2D eigenvalue weighted by Crippen LogP contribution is 2.50. The predicted octanol–water partition coefficient (Wildman–Crippen LogP) is 0.574. The minimum Gasteiger partial charge on any atom is -0.507 e. The number of fused-ring (bicyclic) bond motifs is 2. The molecule has 17 heavy (non-hydrogen) atoms. The Morgan fingerprint density at radius 1 is 1.47 bits per heavy atom. The Balaban J connectivity index is 2.21. The van der Waals surface area contributed by atoms with Crippen LogP contribution in [0.1, 0.15) is 22.8 Å². The van der Waals surface area contributed by atoms with E-state index in [0.29, 0.717) is 11.3 Å². The molecule has 0 radical (unpaired) electrons. The van der Waals surface area contributed by atoms with Crippen molar-refractivity contribution in [2.75, 3.05) is 0 Å². The number of carbonyl (C=O) groups is 2. The van der Waals surface area contributed by atoms with Gasteiger partial charge in [-0.05, 0) is 6.07 Å². The molecule has 3 N–H and O–H groups in total. The maximum absolute atomic E-state index is 12.1. The predicted molar refractivity (Wildman–Crippen MR) is 58.0 cm³/mol. The molecule has 0 spiro atoms. The minimum absolute atomic E-state index is 0.128. The van der Waals surface area contributed by atoms with Crippen LogP contribution in [0.3, 0.4) is 0 Å². The lowest BCUT2D eigenvalue weighted by Crippen LogP contribution is -2.57. The van der Waals surface area contributed by atoms with Crippen molar-refractivity contribution >= 4 is 17.3 Å². The maximum Gasteiger partial charge on any atom is 0.251 e. The molecule has 1 aliphatic carbocycles. The third-order valence-corrected chi connectivity index (χ3v) is 3.13. The fourth-order valence-corrected chi connectivity index (χ4v) is 2.19. The molecule has 5 heteroatoms. The van der Waals surface area contributed by atoms with Crippen LogP contribution in [0, 0.1) is 0 Å². The van der Waals surface area contributed by atoms with Crippen LogP contribution in [0.15, 0.2) is 23.8 Å². The number of ether oxygens (including phenoxy) is 1. The Hall–Kier alpha value is -2.14. The molecule has 0 unspecified atom stereocenters. The summed E-state index contributed by atoms with van der Waals surface area (Å²) < 4.78 is 5.24. The molecule has 0 saturated heterocycles. The van der Waals surface area contributed by atoms with Gasteiger partial charge in [-0.15, -0.1) is 0 Å². The van der Waals surface area contributed by atoms with Gasteiger partial charge in [0.2, 0.25) is 5.78 Å². The van der Waals surface area contributed by atoms with E-state index < -0.39 is 17.3 Å². The fourth-order valence-electron chi connectivity index (χ4n) is 2.19. The Labute approximate surface area is 96.5 Å². The molecule has 0 fully saturated rings. The molecule has 0 bridgehead atoms. The van der Waals surface area contributed by atoms with Crippen LogP contribution in [0.4, 0.5) is 0 Å². The molecule has 0 saturated carbocycles. The first kappa shape index (κ1) is 10.0. The lowest BCUT2D eigenvalue weighted by Gasteiger charge is -2.37. The van der Waals surface area contributed by atoms with Crippen molar-refractivity contribution in [1.29, 1.82) is 0 Å². The van der Waals surface area contributed by atoms with Crippen molar-refractivity contribution < 1.29 is 19.4 Å². The number of phenolic OH excluding ortho intramolecular Hbond substituents is 1. The van der Waals surface area contributed by atoms with Crippen molar-refractivity contribution in [2.45, 2.75) is 12.6 Å². The summed E-state index contributed by atoms with van der Waals surface area (Å²) in [6.45, 7) is 1.26. The van der Waals surface area contributed by atoms with E-state index in [1.165, 1.54) is 13.0 Å². The second kappa shape index (κ2) is 2.75. The number of aromatic hydroxyl groups is 1. The van der Waals surface area contributed by atoms with Crippen LogP contribution < -0.4 is 5.73 Å². The second-order valence-electron chi connectivity index (χ2n) is 4.13. The molecule has 0 aromatic heterocycles. The summed E-state index contributed by atoms with van der Waals surface area (Å²) in [6.07, 6.45) is 0. The Morgan fingerprint density at radius 2 is 2.18 bits per heavy atom. The van der Waals surface area contributed by atoms with Gasteiger partial charge in [0.25, 0.3) is 5.72 Å². The minimum atomic E-state index is -1.65. The Bertz CT molecular complexity index is 617. The topological polar surface area (TPSA) is 89.6 Å². The zero-order valence-electron chi connectivity index (χ0n) is 8.98. The van der Waals surface area contributed by atoms with Crippen molar-refractivity contribution in [3.63, 3.8) is 0 Å². The monoisotopic (exact) mass is 231 g/mol. The van der Waals surface area contributed by atoms with Gasteiger partial charge >= 0.3 is 0 Å². The molecular formula is C12H9NO4. The summed E-state index contributed by atoms with van der Waals surface area (Å²) in [5, 5.41) is 9.65. The molecule has 1 atom stereocenters. The summed E-state index contributed by atoms with van der Waals surface area (Å²) >= 11 is 0. The van der Waals surface area contributed by atoms with Gasteiger partial charge in [0, 0.05) is 12.5 Å². The first-order valence-corrected chi connectivity index (χ1v) is 5.07. The van der Waals surface area contributed by atoms with Crippen LogP contribution in [-0.2, 0) is 9.53 Å². The molecule has 1 aromatic carbocycles. The van der Waals surface area contributed by atoms with E-state index in [4.69, 9.17) is 10.5 Å². The Morgan fingerprint density at radius 3 is 2.82 bits per heavy atom. The highest BCUT2D eigenvalue weighted by Gasteiger charge is 2.57. The van der Waals surface area contributed by atoms with E-state index >= 15 is 0 Å². The van der Waals surface area contributed by atoms with Gasteiger partial charge in [0.15, 0.2) is 5.78 Å². The standard InChI is InChI=1S/C12H9NO4/c1-5(14)12(13)9-10(16)8-6(11(9)17-12)3-2-4-7(8)15/h2-4,15H,13H2,1H3/t12-/m0/s1. The van der Waals surface area contributed by atoms with Crippen molar-refractivity contribution in [3.8, 4) is 5.75 Å². The number of ketones is 2. The third-order valence-electron chi connectivity index (χ3n) is 3.13. The smallest absolute Gasteiger partial charge is 0.251 e. The van der Waals surface area contributed by atoms with E-state index in [-0.39, 0.29) is 16.9 Å². The summed E-state index contributed by atoms with van der Waals surface area (Å²) in [6, 6.07) is 4.66. The summed E-state index contributed by atoms with van der Waals surface area (Å²) in [5.41, 5.74) is 4.86. The highest BCUT2D eigenvalue weighted by molar-refractivity contribution is 6.27. The number of benzene rings is 1. The third kappa shape index (κ3) is 0.969. The van der Waals surface area contributed by atoms with Gasteiger partial charge in [-0.1, -0.05) is 12.1 Å². The normalized spacial score (nSPS) is 24.9. The zero-order valence-corrected chi connectivity index (χ0v) is 8.98. The zero-order chi connectivity index (χ0) is 12.4. The SMILES string of the molecule is CC(=O)[C@]1(N)OC2=C1C(=O)c1c(O)cccc12. The van der Waals surface area contributed by atoms with Crippen LogP contribution in [0.2, 0.25) is 0 Å². The summed E-state index contributed by atoms with van der Waals surface area (Å²) in [4.78, 5) is 23.4. The van der Waals surface area contributed by atoms with Crippen LogP contribution in [0.25, 0.3) is 5.76 Å². The fraction of sp³-hybridized carbons (Fsp3) is 0.167. The van der Waals surface area contributed by atoms with Crippen molar-refractivity contribution in [3.05, 3.63) is 34.9 Å². The number of hydrogen-bond donors (Lipinski definition) is 2. The number of hydrogen-bond acceptors (Lipinski definition) is 5. The number of phenols is 1. The van der Waals surface area contributed by atoms with E-state index in [9.17, 15) is 14.7 Å². The van der Waals surface area contributed by atoms with Gasteiger partial charge < -0.3 is 9.84 Å².